The first-order chi connectivity index (χ1) is 12.4. The highest BCUT2D eigenvalue weighted by Gasteiger charge is 2.15. The van der Waals surface area contributed by atoms with E-state index in [2.05, 4.69) is 10.1 Å². The Hall–Kier alpha value is -3.09. The lowest BCUT2D eigenvalue weighted by Crippen LogP contribution is -2.30. The van der Waals surface area contributed by atoms with Crippen LogP contribution in [0.1, 0.15) is 23.1 Å². The minimum atomic E-state index is -0.528. The average Bonchev–Trinajstić information content (AvgIpc) is 2.98. The van der Waals surface area contributed by atoms with E-state index in [1.807, 2.05) is 19.9 Å². The number of fused-ring (bicyclic) bond motifs is 2. The van der Waals surface area contributed by atoms with E-state index in [1.165, 1.54) is 7.11 Å². The molecule has 0 radical (unpaired) electrons. The highest BCUT2D eigenvalue weighted by molar-refractivity contribution is 5.96. The summed E-state index contributed by atoms with van der Waals surface area (Å²) >= 11 is 0. The highest BCUT2D eigenvalue weighted by Crippen LogP contribution is 2.28. The normalized spacial score (nSPS) is 11.0. The van der Waals surface area contributed by atoms with Gasteiger partial charge in [-0.25, -0.2) is 4.79 Å². The number of ether oxygens (including phenoxy) is 1. The number of carbonyl (C=O) groups is 2. The van der Waals surface area contributed by atoms with Gasteiger partial charge in [-0.1, -0.05) is 0 Å². The van der Waals surface area contributed by atoms with Crippen LogP contribution in [0.25, 0.3) is 21.9 Å². The van der Waals surface area contributed by atoms with Crippen molar-refractivity contribution in [2.45, 2.75) is 26.7 Å². The summed E-state index contributed by atoms with van der Waals surface area (Å²) in [6, 6.07) is 3.64. The number of benzene rings is 1. The van der Waals surface area contributed by atoms with Crippen LogP contribution in [0.15, 0.2) is 32.0 Å². The zero-order valence-corrected chi connectivity index (χ0v) is 14.8. The highest BCUT2D eigenvalue weighted by atomic mass is 16.5. The lowest BCUT2D eigenvalue weighted by atomic mass is 10.0. The summed E-state index contributed by atoms with van der Waals surface area (Å²) in [6.45, 7) is 3.58. The van der Waals surface area contributed by atoms with Crippen LogP contribution >= 0.6 is 0 Å². The molecule has 136 valence electrons. The Balaban J connectivity index is 1.87. The zero-order chi connectivity index (χ0) is 18.8. The molecule has 3 rings (SSSR count). The van der Waals surface area contributed by atoms with Crippen molar-refractivity contribution in [2.75, 3.05) is 13.7 Å². The molecule has 3 aromatic rings. The van der Waals surface area contributed by atoms with Crippen molar-refractivity contribution in [2.24, 2.45) is 0 Å². The Morgan fingerprint density at radius 3 is 2.65 bits per heavy atom. The van der Waals surface area contributed by atoms with Crippen molar-refractivity contribution in [3.63, 3.8) is 0 Å². The minimum Gasteiger partial charge on any atom is -0.468 e. The molecular weight excluding hydrogens is 338 g/mol. The second-order valence-electron chi connectivity index (χ2n) is 6.11. The lowest BCUT2D eigenvalue weighted by molar-refractivity contribution is -0.141. The molecule has 0 aliphatic heterocycles. The maximum Gasteiger partial charge on any atom is 0.339 e. The molecule has 0 aliphatic carbocycles. The van der Waals surface area contributed by atoms with E-state index in [4.69, 9.17) is 8.83 Å². The van der Waals surface area contributed by atoms with Gasteiger partial charge in [-0.05, 0) is 37.5 Å². The summed E-state index contributed by atoms with van der Waals surface area (Å²) in [5.41, 5.74) is 2.86. The summed E-state index contributed by atoms with van der Waals surface area (Å²) in [5, 5.41) is 4.22. The number of furan rings is 1. The summed E-state index contributed by atoms with van der Waals surface area (Å²) in [4.78, 5) is 35.2. The molecule has 26 heavy (non-hydrogen) atoms. The molecule has 0 aliphatic rings. The van der Waals surface area contributed by atoms with Crippen molar-refractivity contribution in [1.29, 1.82) is 0 Å². The molecule has 2 aromatic heterocycles. The van der Waals surface area contributed by atoms with E-state index >= 15 is 0 Å². The number of methoxy groups -OCH3 is 1. The third-order valence-corrected chi connectivity index (χ3v) is 4.43. The quantitative estimate of drug-likeness (QED) is 0.556. The van der Waals surface area contributed by atoms with Crippen LogP contribution in [-0.2, 0) is 20.7 Å². The lowest BCUT2D eigenvalue weighted by Gasteiger charge is -2.08. The van der Waals surface area contributed by atoms with Crippen LogP contribution in [-0.4, -0.2) is 25.5 Å². The minimum absolute atomic E-state index is 0.0705. The third kappa shape index (κ3) is 3.33. The number of nitrogens with one attached hydrogen (secondary N) is 1. The molecule has 2 heterocycles. The van der Waals surface area contributed by atoms with Gasteiger partial charge in [0.15, 0.2) is 0 Å². The Labute approximate surface area is 148 Å². The fraction of sp³-hybridized carbons (Fsp3) is 0.316. The molecule has 0 atom stereocenters. The van der Waals surface area contributed by atoms with Crippen molar-refractivity contribution in [3.8, 4) is 0 Å². The van der Waals surface area contributed by atoms with Crippen molar-refractivity contribution in [3.05, 3.63) is 45.5 Å². The molecule has 1 N–H and O–H groups in total. The summed E-state index contributed by atoms with van der Waals surface area (Å²) in [7, 11) is 1.25. The van der Waals surface area contributed by atoms with Gasteiger partial charge < -0.3 is 18.9 Å². The first-order valence-electron chi connectivity index (χ1n) is 8.18. The number of hydrogen-bond acceptors (Lipinski definition) is 6. The van der Waals surface area contributed by atoms with Crippen molar-refractivity contribution < 1.29 is 23.2 Å². The van der Waals surface area contributed by atoms with E-state index in [0.29, 0.717) is 16.7 Å². The third-order valence-electron chi connectivity index (χ3n) is 4.43. The van der Waals surface area contributed by atoms with Crippen LogP contribution in [0, 0.1) is 13.8 Å². The van der Waals surface area contributed by atoms with E-state index in [0.717, 1.165) is 21.9 Å². The van der Waals surface area contributed by atoms with Gasteiger partial charge in [0.25, 0.3) is 0 Å². The Kier molecular flexibility index (Phi) is 4.79. The van der Waals surface area contributed by atoms with E-state index < -0.39 is 11.6 Å². The molecule has 1 aromatic carbocycles. The molecule has 0 spiro atoms. The topological polar surface area (TPSA) is 98.8 Å². The fourth-order valence-electron chi connectivity index (χ4n) is 2.90. The maximum atomic E-state index is 12.3. The van der Waals surface area contributed by atoms with Gasteiger partial charge in [0.2, 0.25) is 5.91 Å². The molecule has 0 unspecified atom stereocenters. The first kappa shape index (κ1) is 17.7. The number of hydrogen-bond donors (Lipinski definition) is 1. The Morgan fingerprint density at radius 1 is 1.15 bits per heavy atom. The van der Waals surface area contributed by atoms with E-state index in [-0.39, 0.29) is 25.3 Å². The fourth-order valence-corrected chi connectivity index (χ4v) is 2.90. The van der Waals surface area contributed by atoms with E-state index in [9.17, 15) is 14.4 Å². The predicted molar refractivity (Wildman–Crippen MR) is 95.1 cm³/mol. The molecule has 0 fully saturated rings. The number of aryl methyl sites for hydroxylation is 2. The van der Waals surface area contributed by atoms with Gasteiger partial charge in [-0.3, -0.25) is 9.59 Å². The average molecular weight is 357 g/mol. The maximum absolute atomic E-state index is 12.3. The molecule has 0 saturated carbocycles. The van der Waals surface area contributed by atoms with Gasteiger partial charge in [-0.15, -0.1) is 0 Å². The molecule has 0 saturated heterocycles. The SMILES string of the molecule is COC(=O)CNC(=O)CCc1c(C)c2cc3c(C)coc3cc2oc1=O. The second-order valence-corrected chi connectivity index (χ2v) is 6.11. The van der Waals surface area contributed by atoms with Gasteiger partial charge in [-0.2, -0.15) is 0 Å². The van der Waals surface area contributed by atoms with E-state index in [1.54, 1.807) is 12.3 Å². The summed E-state index contributed by atoms with van der Waals surface area (Å²) in [6.07, 6.45) is 1.95. The number of amides is 1. The Bertz CT molecular complexity index is 1060. The van der Waals surface area contributed by atoms with Crippen LogP contribution in [0.3, 0.4) is 0 Å². The monoisotopic (exact) mass is 357 g/mol. The number of carbonyl (C=O) groups excluding carboxylic acids is 2. The molecule has 7 nitrogen and oxygen atoms in total. The van der Waals surface area contributed by atoms with Crippen molar-refractivity contribution in [1.82, 2.24) is 5.32 Å². The molecular formula is C19H19NO6. The number of rotatable bonds is 5. The van der Waals surface area contributed by atoms with Gasteiger partial charge in [0.1, 0.15) is 17.7 Å². The van der Waals surface area contributed by atoms with Gasteiger partial charge in [0.05, 0.1) is 13.4 Å². The zero-order valence-electron chi connectivity index (χ0n) is 14.8. The number of esters is 1. The van der Waals surface area contributed by atoms with Crippen LogP contribution in [0.5, 0.6) is 0 Å². The van der Waals surface area contributed by atoms with Gasteiger partial charge >= 0.3 is 11.6 Å². The Morgan fingerprint density at radius 2 is 1.92 bits per heavy atom. The molecule has 7 heteroatoms. The van der Waals surface area contributed by atoms with Crippen LogP contribution in [0.2, 0.25) is 0 Å². The first-order valence-corrected chi connectivity index (χ1v) is 8.18. The van der Waals surface area contributed by atoms with Crippen LogP contribution in [0.4, 0.5) is 0 Å². The summed E-state index contributed by atoms with van der Waals surface area (Å²) in [5.74, 6) is -0.866. The largest absolute Gasteiger partial charge is 0.468 e. The standard InChI is InChI=1S/C19H19NO6/c1-10-9-25-15-7-16-14(6-13(10)15)11(2)12(19(23)26-16)4-5-17(21)20-8-18(22)24-3/h6-7,9H,4-5,8H2,1-3H3,(H,20,21). The summed E-state index contributed by atoms with van der Waals surface area (Å²) < 4.78 is 15.3. The molecule has 1 amide bonds. The predicted octanol–water partition coefficient (Wildman–Crippen LogP) is 2.38. The van der Waals surface area contributed by atoms with Crippen LogP contribution < -0.4 is 10.9 Å². The molecule has 0 bridgehead atoms. The van der Waals surface area contributed by atoms with Gasteiger partial charge in [0, 0.05) is 28.8 Å². The second kappa shape index (κ2) is 7.03. The smallest absolute Gasteiger partial charge is 0.339 e. The van der Waals surface area contributed by atoms with Crippen molar-refractivity contribution >= 4 is 33.8 Å².